The molecule has 3 aromatic carbocycles. The van der Waals surface area contributed by atoms with Gasteiger partial charge in [0.1, 0.15) is 5.82 Å². The maximum absolute atomic E-state index is 15.1. The molecule has 38 heavy (non-hydrogen) atoms. The Hall–Kier alpha value is -4.34. The number of carbonyl (C=O) groups excluding carboxylic acids is 1. The number of anilines is 4. The van der Waals surface area contributed by atoms with Gasteiger partial charge in [-0.25, -0.2) is 14.4 Å². The van der Waals surface area contributed by atoms with Gasteiger partial charge < -0.3 is 20.6 Å². The van der Waals surface area contributed by atoms with Gasteiger partial charge in [0.25, 0.3) is 0 Å². The average molecular weight is 513 g/mol. The molecule has 0 atom stereocenters. The summed E-state index contributed by atoms with van der Waals surface area (Å²) in [7, 11) is 0. The Balaban J connectivity index is 1.37. The van der Waals surface area contributed by atoms with Crippen LogP contribution in [0.4, 0.5) is 27.4 Å². The van der Waals surface area contributed by atoms with Crippen LogP contribution in [0.25, 0.3) is 22.0 Å². The number of fused-ring (bicyclic) bond motifs is 1. The molecule has 0 unspecified atom stereocenters. The molecular formula is C29H29FN6O2. The molecule has 4 aromatic rings. The first kappa shape index (κ1) is 25.3. The highest BCUT2D eigenvalue weighted by atomic mass is 19.1. The number of halogens is 1. The van der Waals surface area contributed by atoms with Crippen LogP contribution >= 0.6 is 0 Å². The van der Waals surface area contributed by atoms with Gasteiger partial charge in [0.2, 0.25) is 11.9 Å². The molecule has 1 aliphatic rings. The van der Waals surface area contributed by atoms with Crippen molar-refractivity contribution in [3.05, 3.63) is 85.3 Å². The van der Waals surface area contributed by atoms with Crippen LogP contribution in [0.1, 0.15) is 0 Å². The summed E-state index contributed by atoms with van der Waals surface area (Å²) in [5.74, 6) is -0.243. The standard InChI is InChI=1S/C29H29FN6O2/c1-2-27(38)32-22-7-3-5-20(17-22)24-8-4-6-21-19-31-29(34-28(21)24)33-23-9-10-26(25(30)18-23)36-13-11-35(12-14-36)15-16-37/h2-10,17-19,37H,1,11-16H2,(H,32,38)(H,31,33,34). The second-order valence-corrected chi connectivity index (χ2v) is 9.05. The fraction of sp³-hybridized carbons (Fsp3) is 0.207. The highest BCUT2D eigenvalue weighted by Gasteiger charge is 2.19. The summed E-state index contributed by atoms with van der Waals surface area (Å²) in [5.41, 5.74) is 4.26. The maximum Gasteiger partial charge on any atom is 0.247 e. The number of amides is 1. The van der Waals surface area contributed by atoms with Gasteiger partial charge in [-0.1, -0.05) is 36.9 Å². The van der Waals surface area contributed by atoms with Gasteiger partial charge in [-0.05, 0) is 42.0 Å². The van der Waals surface area contributed by atoms with Gasteiger partial charge in [0.15, 0.2) is 0 Å². The number of hydrogen-bond acceptors (Lipinski definition) is 7. The molecule has 1 aromatic heterocycles. The summed E-state index contributed by atoms with van der Waals surface area (Å²) in [6.45, 7) is 7.26. The van der Waals surface area contributed by atoms with Gasteiger partial charge in [0, 0.05) is 61.2 Å². The molecule has 5 rings (SSSR count). The number of piperazine rings is 1. The minimum Gasteiger partial charge on any atom is -0.395 e. The number of para-hydroxylation sites is 1. The highest BCUT2D eigenvalue weighted by Crippen LogP contribution is 2.30. The van der Waals surface area contributed by atoms with Gasteiger partial charge >= 0.3 is 0 Å². The van der Waals surface area contributed by atoms with Crippen LogP contribution in [0.3, 0.4) is 0 Å². The molecule has 194 valence electrons. The summed E-state index contributed by atoms with van der Waals surface area (Å²) in [6.07, 6.45) is 2.96. The van der Waals surface area contributed by atoms with Gasteiger partial charge in [0.05, 0.1) is 17.8 Å². The SMILES string of the molecule is C=CC(=O)Nc1cccc(-c2cccc3cnc(Nc4ccc(N5CCN(CCO)CC5)c(F)c4)nc23)c1. The Labute approximate surface area is 220 Å². The van der Waals surface area contributed by atoms with Crippen LogP contribution in [-0.2, 0) is 4.79 Å². The minimum absolute atomic E-state index is 0.132. The Bertz CT molecular complexity index is 1470. The second-order valence-electron chi connectivity index (χ2n) is 9.05. The summed E-state index contributed by atoms with van der Waals surface area (Å²) in [6, 6.07) is 18.4. The largest absolute Gasteiger partial charge is 0.395 e. The van der Waals surface area contributed by atoms with Gasteiger partial charge in [-0.3, -0.25) is 9.69 Å². The van der Waals surface area contributed by atoms with E-state index < -0.39 is 0 Å². The predicted molar refractivity (Wildman–Crippen MR) is 149 cm³/mol. The van der Waals surface area contributed by atoms with Crippen LogP contribution in [0, 0.1) is 5.82 Å². The first-order valence-electron chi connectivity index (χ1n) is 12.5. The molecule has 0 saturated carbocycles. The molecule has 0 aliphatic carbocycles. The van der Waals surface area contributed by atoms with Crippen molar-refractivity contribution in [1.82, 2.24) is 14.9 Å². The van der Waals surface area contributed by atoms with E-state index in [1.165, 1.54) is 12.1 Å². The lowest BCUT2D eigenvalue weighted by atomic mass is 10.0. The number of carbonyl (C=O) groups is 1. The second kappa shape index (κ2) is 11.4. The monoisotopic (exact) mass is 512 g/mol. The zero-order valence-corrected chi connectivity index (χ0v) is 20.9. The third kappa shape index (κ3) is 5.64. The summed E-state index contributed by atoms with van der Waals surface area (Å²) in [5, 5.41) is 15.9. The van der Waals surface area contributed by atoms with Crippen LogP contribution in [-0.4, -0.2) is 65.2 Å². The molecule has 8 nitrogen and oxygen atoms in total. The number of benzene rings is 3. The molecular weight excluding hydrogens is 483 g/mol. The maximum atomic E-state index is 15.1. The fourth-order valence-electron chi connectivity index (χ4n) is 4.63. The predicted octanol–water partition coefficient (Wildman–Crippen LogP) is 4.42. The smallest absolute Gasteiger partial charge is 0.247 e. The molecule has 2 heterocycles. The van der Waals surface area contributed by atoms with Crippen LogP contribution < -0.4 is 15.5 Å². The topological polar surface area (TPSA) is 93.6 Å². The van der Waals surface area contributed by atoms with Crippen molar-refractivity contribution in [3.8, 4) is 11.1 Å². The van der Waals surface area contributed by atoms with Crippen molar-refractivity contribution >= 4 is 39.8 Å². The van der Waals surface area contributed by atoms with E-state index in [1.807, 2.05) is 53.4 Å². The number of aliphatic hydroxyl groups is 1. The number of rotatable bonds is 8. The molecule has 0 spiro atoms. The zero-order chi connectivity index (χ0) is 26.5. The van der Waals surface area contributed by atoms with Crippen molar-refractivity contribution in [2.45, 2.75) is 0 Å². The van der Waals surface area contributed by atoms with Crippen molar-refractivity contribution < 1.29 is 14.3 Å². The molecule has 1 fully saturated rings. The minimum atomic E-state index is -0.314. The zero-order valence-electron chi connectivity index (χ0n) is 20.9. The van der Waals surface area contributed by atoms with Crippen LogP contribution in [0.2, 0.25) is 0 Å². The number of aromatic nitrogens is 2. The fourth-order valence-corrected chi connectivity index (χ4v) is 4.63. The van der Waals surface area contributed by atoms with E-state index in [4.69, 9.17) is 10.1 Å². The lowest BCUT2D eigenvalue weighted by Crippen LogP contribution is -2.47. The number of aliphatic hydroxyl groups excluding tert-OH is 1. The lowest BCUT2D eigenvalue weighted by Gasteiger charge is -2.36. The number of β-amino-alcohol motifs (C(OH)–C–C–N with tert-alkyl or cyclic N) is 1. The van der Waals surface area contributed by atoms with Crippen LogP contribution in [0.15, 0.2) is 79.5 Å². The Morgan fingerprint density at radius 1 is 1.05 bits per heavy atom. The molecule has 9 heteroatoms. The summed E-state index contributed by atoms with van der Waals surface area (Å²) < 4.78 is 15.1. The van der Waals surface area contributed by atoms with Crippen molar-refractivity contribution in [2.24, 2.45) is 0 Å². The number of nitrogens with zero attached hydrogens (tertiary/aromatic N) is 4. The number of nitrogens with one attached hydrogen (secondary N) is 2. The lowest BCUT2D eigenvalue weighted by molar-refractivity contribution is -0.111. The third-order valence-corrected chi connectivity index (χ3v) is 6.57. The third-order valence-electron chi connectivity index (χ3n) is 6.57. The van der Waals surface area contributed by atoms with Crippen molar-refractivity contribution in [3.63, 3.8) is 0 Å². The first-order valence-corrected chi connectivity index (χ1v) is 12.5. The van der Waals surface area contributed by atoms with Crippen molar-refractivity contribution in [2.75, 3.05) is 54.9 Å². The van der Waals surface area contributed by atoms with E-state index in [0.29, 0.717) is 42.6 Å². The highest BCUT2D eigenvalue weighted by molar-refractivity contribution is 6.00. The van der Waals surface area contributed by atoms with E-state index in [-0.39, 0.29) is 18.3 Å². The molecule has 0 bridgehead atoms. The first-order chi connectivity index (χ1) is 18.5. The Kier molecular flexibility index (Phi) is 7.57. The van der Waals surface area contributed by atoms with Crippen LogP contribution in [0.5, 0.6) is 0 Å². The number of hydrogen-bond donors (Lipinski definition) is 3. The van der Waals surface area contributed by atoms with Gasteiger partial charge in [-0.15, -0.1) is 0 Å². The summed E-state index contributed by atoms with van der Waals surface area (Å²) >= 11 is 0. The average Bonchev–Trinajstić information content (AvgIpc) is 2.93. The molecule has 1 aliphatic heterocycles. The summed E-state index contributed by atoms with van der Waals surface area (Å²) in [4.78, 5) is 25.1. The van der Waals surface area contributed by atoms with E-state index >= 15 is 4.39 Å². The van der Waals surface area contributed by atoms with E-state index in [1.54, 1.807) is 12.3 Å². The Morgan fingerprint density at radius 2 is 1.87 bits per heavy atom. The molecule has 1 saturated heterocycles. The normalized spacial score (nSPS) is 13.9. The van der Waals surface area contributed by atoms with E-state index in [9.17, 15) is 4.79 Å². The van der Waals surface area contributed by atoms with Gasteiger partial charge in [-0.2, -0.15) is 0 Å². The molecule has 1 amide bonds. The Morgan fingerprint density at radius 3 is 2.63 bits per heavy atom. The molecule has 3 N–H and O–H groups in total. The van der Waals surface area contributed by atoms with E-state index in [2.05, 4.69) is 27.1 Å². The molecule has 0 radical (unpaired) electrons. The van der Waals surface area contributed by atoms with Crippen molar-refractivity contribution in [1.29, 1.82) is 0 Å². The van der Waals surface area contributed by atoms with E-state index in [0.717, 1.165) is 35.1 Å². The quantitative estimate of drug-likeness (QED) is 0.301.